The van der Waals surface area contributed by atoms with Gasteiger partial charge in [0, 0.05) is 6.42 Å². The van der Waals surface area contributed by atoms with Gasteiger partial charge in [-0.25, -0.2) is 0 Å². The Balaban J connectivity index is 2.41. The Morgan fingerprint density at radius 2 is 2.70 bits per heavy atom. The van der Waals surface area contributed by atoms with Crippen LogP contribution in [0.5, 0.6) is 0 Å². The second-order valence-electron chi connectivity index (χ2n) is 2.12. The third kappa shape index (κ3) is 1.49. The monoisotopic (exact) mass is 139 g/mol. The Morgan fingerprint density at radius 1 is 1.90 bits per heavy atom. The number of aliphatic hydroxyl groups is 1. The lowest BCUT2D eigenvalue weighted by molar-refractivity contribution is 0.121. The van der Waals surface area contributed by atoms with Crippen LogP contribution in [-0.4, -0.2) is 17.8 Å². The quantitative estimate of drug-likeness (QED) is 0.608. The third-order valence-electron chi connectivity index (χ3n) is 1.35. The van der Waals surface area contributed by atoms with E-state index >= 15 is 0 Å². The Kier molecular flexibility index (Phi) is 2.30. The van der Waals surface area contributed by atoms with Crippen LogP contribution >= 0.6 is 0 Å². The van der Waals surface area contributed by atoms with Gasteiger partial charge in [-0.1, -0.05) is 0 Å². The molecule has 0 fully saturated rings. The predicted molar refractivity (Wildman–Crippen MR) is 34.9 cm³/mol. The van der Waals surface area contributed by atoms with Gasteiger partial charge in [-0.15, -0.1) is 0 Å². The fourth-order valence-electron chi connectivity index (χ4n) is 0.856. The lowest BCUT2D eigenvalue weighted by atomic mass is 10.2. The number of hydrogen-bond donors (Lipinski definition) is 1. The number of rotatable bonds is 2. The normalized spacial score (nSPS) is 19.0. The molecule has 1 aliphatic rings. The lowest BCUT2D eigenvalue weighted by Crippen LogP contribution is -2.09. The highest BCUT2D eigenvalue weighted by molar-refractivity contribution is 5.05. The summed E-state index contributed by atoms with van der Waals surface area (Å²) in [7, 11) is 0. The van der Waals surface area contributed by atoms with Crippen molar-refractivity contribution in [1.82, 2.24) is 0 Å². The van der Waals surface area contributed by atoms with Gasteiger partial charge in [0.25, 0.3) is 0 Å². The summed E-state index contributed by atoms with van der Waals surface area (Å²) in [4.78, 5) is 0. The zero-order valence-electron chi connectivity index (χ0n) is 5.58. The molecule has 0 saturated carbocycles. The molecule has 3 nitrogen and oxygen atoms in total. The smallest absolute Gasteiger partial charge is 0.124 e. The van der Waals surface area contributed by atoms with Gasteiger partial charge in [0.05, 0.1) is 19.1 Å². The molecule has 0 bridgehead atoms. The van der Waals surface area contributed by atoms with Crippen molar-refractivity contribution in [1.29, 1.82) is 5.26 Å². The fourth-order valence-corrected chi connectivity index (χ4v) is 0.856. The highest BCUT2D eigenvalue weighted by Gasteiger charge is 2.14. The molecule has 1 aliphatic heterocycles. The van der Waals surface area contributed by atoms with Gasteiger partial charge in [-0.05, 0) is 6.08 Å². The number of nitrogens with zero attached hydrogens (tertiary/aromatic N) is 1. The van der Waals surface area contributed by atoms with Crippen LogP contribution in [0, 0.1) is 11.3 Å². The first-order valence-electron chi connectivity index (χ1n) is 3.22. The first kappa shape index (κ1) is 7.10. The number of hydrogen-bond acceptors (Lipinski definition) is 3. The van der Waals surface area contributed by atoms with Crippen LogP contribution in [0.4, 0.5) is 0 Å². The van der Waals surface area contributed by atoms with Crippen molar-refractivity contribution in [2.75, 3.05) is 6.61 Å². The van der Waals surface area contributed by atoms with Crippen molar-refractivity contribution in [2.24, 2.45) is 0 Å². The minimum Gasteiger partial charge on any atom is -0.495 e. The molecule has 0 saturated heterocycles. The number of nitriles is 1. The van der Waals surface area contributed by atoms with Gasteiger partial charge < -0.3 is 9.84 Å². The molecule has 3 heteroatoms. The van der Waals surface area contributed by atoms with E-state index < -0.39 is 6.10 Å². The van der Waals surface area contributed by atoms with Crippen molar-refractivity contribution in [3.05, 3.63) is 11.8 Å². The summed E-state index contributed by atoms with van der Waals surface area (Å²) in [5.41, 5.74) is 0. The topological polar surface area (TPSA) is 53.2 Å². The predicted octanol–water partition coefficient (Wildman–Crippen LogP) is 0.565. The minimum atomic E-state index is -0.715. The second kappa shape index (κ2) is 3.23. The summed E-state index contributed by atoms with van der Waals surface area (Å²) in [6.45, 7) is 0.637. The molecule has 1 unspecified atom stereocenters. The van der Waals surface area contributed by atoms with Crippen molar-refractivity contribution in [3.63, 3.8) is 0 Å². The van der Waals surface area contributed by atoms with Crippen molar-refractivity contribution < 1.29 is 9.84 Å². The van der Waals surface area contributed by atoms with Crippen molar-refractivity contribution >= 4 is 0 Å². The molecule has 0 amide bonds. The second-order valence-corrected chi connectivity index (χ2v) is 2.12. The molecular formula is C7H9NO2. The zero-order valence-corrected chi connectivity index (χ0v) is 5.58. The fraction of sp³-hybridized carbons (Fsp3) is 0.571. The van der Waals surface area contributed by atoms with E-state index in [4.69, 9.17) is 15.1 Å². The maximum absolute atomic E-state index is 9.13. The maximum atomic E-state index is 9.13. The molecule has 0 spiro atoms. The van der Waals surface area contributed by atoms with Gasteiger partial charge in [0.1, 0.15) is 11.9 Å². The molecule has 0 aliphatic carbocycles. The molecule has 1 rings (SSSR count). The van der Waals surface area contributed by atoms with Crippen LogP contribution in [-0.2, 0) is 4.74 Å². The molecule has 0 aromatic carbocycles. The molecular weight excluding hydrogens is 130 g/mol. The maximum Gasteiger partial charge on any atom is 0.124 e. The van der Waals surface area contributed by atoms with Crippen LogP contribution in [0.2, 0.25) is 0 Å². The standard InChI is InChI=1S/C7H9NO2/c8-4-3-6(9)7-2-1-5-10-7/h2,6,9H,1,3,5H2. The van der Waals surface area contributed by atoms with E-state index in [0.717, 1.165) is 6.42 Å². The molecule has 0 radical (unpaired) electrons. The Labute approximate surface area is 59.5 Å². The summed E-state index contributed by atoms with van der Waals surface area (Å²) in [5.74, 6) is 0.557. The zero-order chi connectivity index (χ0) is 7.40. The SMILES string of the molecule is N#CCC(O)C1=CCCO1. The molecule has 1 N–H and O–H groups in total. The summed E-state index contributed by atoms with van der Waals surface area (Å²) in [6, 6.07) is 1.87. The van der Waals surface area contributed by atoms with Gasteiger partial charge in [0.2, 0.25) is 0 Å². The van der Waals surface area contributed by atoms with Crippen LogP contribution in [0.1, 0.15) is 12.8 Å². The van der Waals surface area contributed by atoms with Gasteiger partial charge in [0.15, 0.2) is 0 Å². The first-order valence-corrected chi connectivity index (χ1v) is 3.22. The Bertz CT molecular complexity index is 181. The van der Waals surface area contributed by atoms with E-state index in [0.29, 0.717) is 12.4 Å². The highest BCUT2D eigenvalue weighted by atomic mass is 16.5. The van der Waals surface area contributed by atoms with E-state index in [-0.39, 0.29) is 6.42 Å². The summed E-state index contributed by atoms with van der Waals surface area (Å²) >= 11 is 0. The van der Waals surface area contributed by atoms with Crippen molar-refractivity contribution in [2.45, 2.75) is 18.9 Å². The largest absolute Gasteiger partial charge is 0.495 e. The number of ether oxygens (including phenoxy) is 1. The average molecular weight is 139 g/mol. The average Bonchev–Trinajstić information content (AvgIpc) is 2.38. The van der Waals surface area contributed by atoms with Gasteiger partial charge >= 0.3 is 0 Å². The Hall–Kier alpha value is -1.01. The molecule has 0 aromatic rings. The van der Waals surface area contributed by atoms with Crippen LogP contribution in [0.15, 0.2) is 11.8 Å². The van der Waals surface area contributed by atoms with Crippen LogP contribution in [0.25, 0.3) is 0 Å². The van der Waals surface area contributed by atoms with E-state index in [1.807, 2.05) is 12.1 Å². The van der Waals surface area contributed by atoms with Gasteiger partial charge in [-0.3, -0.25) is 0 Å². The number of aliphatic hydroxyl groups excluding tert-OH is 1. The lowest BCUT2D eigenvalue weighted by Gasteiger charge is -2.06. The van der Waals surface area contributed by atoms with Crippen molar-refractivity contribution in [3.8, 4) is 6.07 Å². The van der Waals surface area contributed by atoms with Crippen LogP contribution < -0.4 is 0 Å². The minimum absolute atomic E-state index is 0.117. The first-order chi connectivity index (χ1) is 4.84. The molecule has 54 valence electrons. The van der Waals surface area contributed by atoms with E-state index in [2.05, 4.69) is 0 Å². The molecule has 10 heavy (non-hydrogen) atoms. The summed E-state index contributed by atoms with van der Waals surface area (Å²) in [6.07, 6.45) is 2.07. The third-order valence-corrected chi connectivity index (χ3v) is 1.35. The molecule has 1 atom stereocenters. The summed E-state index contributed by atoms with van der Waals surface area (Å²) in [5, 5.41) is 17.3. The van der Waals surface area contributed by atoms with E-state index in [9.17, 15) is 0 Å². The van der Waals surface area contributed by atoms with E-state index in [1.165, 1.54) is 0 Å². The molecule has 1 heterocycles. The molecule has 0 aromatic heterocycles. The Morgan fingerprint density at radius 3 is 3.20 bits per heavy atom. The van der Waals surface area contributed by atoms with Gasteiger partial charge in [-0.2, -0.15) is 5.26 Å². The van der Waals surface area contributed by atoms with E-state index in [1.54, 1.807) is 0 Å². The van der Waals surface area contributed by atoms with Crippen LogP contribution in [0.3, 0.4) is 0 Å². The highest BCUT2D eigenvalue weighted by Crippen LogP contribution is 2.14. The summed E-state index contributed by atoms with van der Waals surface area (Å²) < 4.78 is 5.03.